The molecule has 2 rings (SSSR count). The Bertz CT molecular complexity index is 616. The molecule has 2 aromatic rings. The maximum atomic E-state index is 6.33. The van der Waals surface area contributed by atoms with Crippen LogP contribution >= 0.6 is 0 Å². The molecule has 0 spiro atoms. The summed E-state index contributed by atoms with van der Waals surface area (Å²) >= 11 is 0. The summed E-state index contributed by atoms with van der Waals surface area (Å²) in [5.74, 6) is 0. The summed E-state index contributed by atoms with van der Waals surface area (Å²) in [6.45, 7) is 13.5. The summed E-state index contributed by atoms with van der Waals surface area (Å²) < 4.78 is 12.7. The lowest BCUT2D eigenvalue weighted by Crippen LogP contribution is -2.43. The maximum Gasteiger partial charge on any atom is 0.0721 e. The lowest BCUT2D eigenvalue weighted by molar-refractivity contribution is -0.117. The van der Waals surface area contributed by atoms with Gasteiger partial charge >= 0.3 is 0 Å². The summed E-state index contributed by atoms with van der Waals surface area (Å²) in [7, 11) is 0. The molecule has 2 atom stereocenters. The van der Waals surface area contributed by atoms with Crippen LogP contribution in [0.2, 0.25) is 0 Å². The van der Waals surface area contributed by atoms with Gasteiger partial charge in [-0.3, -0.25) is 0 Å². The largest absolute Gasteiger partial charge is 0.373 e. The minimum atomic E-state index is -0.189. The molecule has 0 bridgehead atoms. The van der Waals surface area contributed by atoms with Gasteiger partial charge in [-0.2, -0.15) is 0 Å². The number of ether oxygens (including phenoxy) is 2. The fourth-order valence-electron chi connectivity index (χ4n) is 3.23. The van der Waals surface area contributed by atoms with Crippen LogP contribution in [-0.4, -0.2) is 12.2 Å². The molecular weight excluding hydrogens is 332 g/mol. The molecule has 144 valence electrons. The highest BCUT2D eigenvalue weighted by Gasteiger charge is 2.37. The molecule has 0 saturated heterocycles. The van der Waals surface area contributed by atoms with Crippen LogP contribution < -0.4 is 0 Å². The third kappa shape index (κ3) is 6.50. The quantitative estimate of drug-likeness (QED) is 0.409. The zero-order valence-electron chi connectivity index (χ0n) is 16.6. The average molecular weight is 365 g/mol. The van der Waals surface area contributed by atoms with Crippen LogP contribution in [0.1, 0.15) is 37.8 Å². The third-order valence-corrected chi connectivity index (χ3v) is 5.01. The van der Waals surface area contributed by atoms with Crippen molar-refractivity contribution in [2.24, 2.45) is 5.41 Å². The Morgan fingerprint density at radius 2 is 1.11 bits per heavy atom. The molecule has 2 heteroatoms. The average Bonchev–Trinajstić information content (AvgIpc) is 2.69. The highest BCUT2D eigenvalue weighted by atomic mass is 16.5. The number of hydrogen-bond acceptors (Lipinski definition) is 2. The van der Waals surface area contributed by atoms with E-state index >= 15 is 0 Å². The molecule has 0 radical (unpaired) electrons. The Kier molecular flexibility index (Phi) is 8.50. The first-order valence-electron chi connectivity index (χ1n) is 9.60. The van der Waals surface area contributed by atoms with E-state index in [-0.39, 0.29) is 17.6 Å². The molecule has 0 amide bonds. The molecule has 27 heavy (non-hydrogen) atoms. The van der Waals surface area contributed by atoms with Crippen molar-refractivity contribution in [2.45, 2.75) is 52.1 Å². The molecule has 0 aliphatic heterocycles. The Labute approximate surface area is 164 Å². The summed E-state index contributed by atoms with van der Waals surface area (Å²) in [5.41, 5.74) is 2.16. The second kappa shape index (κ2) is 10.9. The highest BCUT2D eigenvalue weighted by Crippen LogP contribution is 2.35. The van der Waals surface area contributed by atoms with Crippen LogP contribution in [0, 0.1) is 5.41 Å². The van der Waals surface area contributed by atoms with Crippen LogP contribution in [0.3, 0.4) is 0 Å². The van der Waals surface area contributed by atoms with Gasteiger partial charge in [-0.1, -0.05) is 86.7 Å². The molecule has 0 N–H and O–H groups in total. The van der Waals surface area contributed by atoms with Crippen LogP contribution in [0.5, 0.6) is 0 Å². The predicted molar refractivity (Wildman–Crippen MR) is 113 cm³/mol. The van der Waals surface area contributed by atoms with E-state index < -0.39 is 0 Å². The molecule has 0 aliphatic carbocycles. The van der Waals surface area contributed by atoms with E-state index in [1.807, 2.05) is 48.6 Å². The van der Waals surface area contributed by atoms with Crippen molar-refractivity contribution in [3.63, 3.8) is 0 Å². The summed E-state index contributed by atoms with van der Waals surface area (Å²) in [6, 6.07) is 20.5. The molecule has 0 unspecified atom stereocenters. The minimum absolute atomic E-state index is 0.0101. The van der Waals surface area contributed by atoms with E-state index in [4.69, 9.17) is 9.47 Å². The molecule has 0 fully saturated rings. The zero-order valence-corrected chi connectivity index (χ0v) is 16.6. The van der Waals surface area contributed by atoms with E-state index in [9.17, 15) is 0 Å². The van der Waals surface area contributed by atoms with Gasteiger partial charge in [0.25, 0.3) is 0 Å². The topological polar surface area (TPSA) is 18.5 Å². The van der Waals surface area contributed by atoms with Gasteiger partial charge in [0, 0.05) is 5.41 Å². The van der Waals surface area contributed by atoms with Crippen molar-refractivity contribution < 1.29 is 9.47 Å². The Balaban J connectivity index is 2.08. The third-order valence-electron chi connectivity index (χ3n) is 5.01. The van der Waals surface area contributed by atoms with Gasteiger partial charge in [-0.15, -0.1) is 13.2 Å². The molecule has 2 aromatic carbocycles. The number of hydrogen-bond donors (Lipinski definition) is 0. The molecular formula is C25H32O2. The van der Waals surface area contributed by atoms with Crippen molar-refractivity contribution >= 4 is 0 Å². The van der Waals surface area contributed by atoms with Crippen LogP contribution in [-0.2, 0) is 22.7 Å². The zero-order chi connectivity index (χ0) is 19.5. The van der Waals surface area contributed by atoms with Gasteiger partial charge in [-0.25, -0.2) is 0 Å². The van der Waals surface area contributed by atoms with Gasteiger partial charge in [0.2, 0.25) is 0 Å². The Morgan fingerprint density at radius 1 is 0.741 bits per heavy atom. The maximum absolute atomic E-state index is 6.33. The van der Waals surface area contributed by atoms with Crippen molar-refractivity contribution in [1.29, 1.82) is 0 Å². The van der Waals surface area contributed by atoms with Gasteiger partial charge in [0.05, 0.1) is 25.4 Å². The first-order chi connectivity index (χ1) is 13.1. The number of rotatable bonds is 12. The highest BCUT2D eigenvalue weighted by molar-refractivity contribution is 5.14. The molecule has 0 heterocycles. The van der Waals surface area contributed by atoms with Crippen LogP contribution in [0.25, 0.3) is 0 Å². The van der Waals surface area contributed by atoms with Crippen molar-refractivity contribution in [2.75, 3.05) is 0 Å². The lowest BCUT2D eigenvalue weighted by Gasteiger charge is -2.40. The van der Waals surface area contributed by atoms with Gasteiger partial charge in [-0.05, 0) is 24.0 Å². The van der Waals surface area contributed by atoms with Crippen LogP contribution in [0.4, 0.5) is 0 Å². The Hall–Kier alpha value is -2.16. The fourth-order valence-corrected chi connectivity index (χ4v) is 3.23. The SMILES string of the molecule is C=CC[C@H](OCc1ccccc1)C(C)(C)[C@@H](CC=C)OCc1ccccc1. The first kappa shape index (κ1) is 21.1. The van der Waals surface area contributed by atoms with Gasteiger partial charge in [0.1, 0.15) is 0 Å². The van der Waals surface area contributed by atoms with Crippen molar-refractivity contribution in [3.8, 4) is 0 Å². The van der Waals surface area contributed by atoms with Crippen molar-refractivity contribution in [3.05, 3.63) is 97.1 Å². The van der Waals surface area contributed by atoms with E-state index in [2.05, 4.69) is 51.3 Å². The number of benzene rings is 2. The standard InChI is InChI=1S/C25H32O2/c1-5-13-23(26-19-21-15-9-7-10-16-21)25(3,4)24(14-6-2)27-20-22-17-11-8-12-18-22/h5-12,15-18,23-24H,1-2,13-14,19-20H2,3-4H3/t23-,24+. The fraction of sp³-hybridized carbons (Fsp3) is 0.360. The normalized spacial score (nSPS) is 13.7. The van der Waals surface area contributed by atoms with E-state index in [1.54, 1.807) is 0 Å². The van der Waals surface area contributed by atoms with E-state index in [0.29, 0.717) is 13.2 Å². The lowest BCUT2D eigenvalue weighted by atomic mass is 9.77. The van der Waals surface area contributed by atoms with Gasteiger partial charge in [0.15, 0.2) is 0 Å². The molecule has 0 aromatic heterocycles. The summed E-state index contributed by atoms with van der Waals surface area (Å²) in [6.07, 6.45) is 5.44. The molecule has 0 aliphatic rings. The summed E-state index contributed by atoms with van der Waals surface area (Å²) in [4.78, 5) is 0. The smallest absolute Gasteiger partial charge is 0.0721 e. The first-order valence-corrected chi connectivity index (χ1v) is 9.60. The predicted octanol–water partition coefficient (Wildman–Crippen LogP) is 6.34. The monoisotopic (exact) mass is 364 g/mol. The molecule has 0 saturated carbocycles. The van der Waals surface area contributed by atoms with E-state index in [0.717, 1.165) is 12.8 Å². The Morgan fingerprint density at radius 3 is 1.44 bits per heavy atom. The second-order valence-electron chi connectivity index (χ2n) is 7.44. The van der Waals surface area contributed by atoms with E-state index in [1.165, 1.54) is 11.1 Å². The van der Waals surface area contributed by atoms with Gasteiger partial charge < -0.3 is 9.47 Å². The minimum Gasteiger partial charge on any atom is -0.373 e. The van der Waals surface area contributed by atoms with Crippen molar-refractivity contribution in [1.82, 2.24) is 0 Å². The second-order valence-corrected chi connectivity index (χ2v) is 7.44. The molecule has 2 nitrogen and oxygen atoms in total. The summed E-state index contributed by atoms with van der Waals surface area (Å²) in [5, 5.41) is 0. The van der Waals surface area contributed by atoms with Crippen LogP contribution in [0.15, 0.2) is 86.0 Å².